The summed E-state index contributed by atoms with van der Waals surface area (Å²) in [5.74, 6) is 1.26. The summed E-state index contributed by atoms with van der Waals surface area (Å²) in [6, 6.07) is 14.8. The molecule has 0 bridgehead atoms. The Morgan fingerprint density at radius 1 is 1.21 bits per heavy atom. The van der Waals surface area contributed by atoms with Gasteiger partial charge >= 0.3 is 6.03 Å². The van der Waals surface area contributed by atoms with Crippen LogP contribution < -0.4 is 15.6 Å². The number of aryl methyl sites for hydroxylation is 1. The van der Waals surface area contributed by atoms with E-state index in [2.05, 4.69) is 15.3 Å². The summed E-state index contributed by atoms with van der Waals surface area (Å²) in [4.78, 5) is 34.4. The summed E-state index contributed by atoms with van der Waals surface area (Å²) in [6.45, 7) is 2.71. The first-order chi connectivity index (χ1) is 14.0. The number of nitrogens with one attached hydrogen (secondary N) is 2. The Morgan fingerprint density at radius 2 is 2.00 bits per heavy atom. The summed E-state index contributed by atoms with van der Waals surface area (Å²) in [6.07, 6.45) is 0.531. The number of methoxy groups -OCH3 is 1. The molecule has 0 atom stereocenters. The Bertz CT molecular complexity index is 1110. The molecule has 0 fully saturated rings. The number of H-pyrrole nitrogens is 1. The molecule has 2 aromatic carbocycles. The molecule has 0 radical (unpaired) electrons. The second-order valence-corrected chi connectivity index (χ2v) is 7.04. The normalized spacial score (nSPS) is 13.0. The Kier molecular flexibility index (Phi) is 5.03. The molecule has 0 saturated heterocycles. The fourth-order valence-corrected chi connectivity index (χ4v) is 3.41. The summed E-state index contributed by atoms with van der Waals surface area (Å²) < 4.78 is 5.17. The number of carbonyl (C=O) groups is 1. The van der Waals surface area contributed by atoms with E-state index in [1.54, 1.807) is 12.0 Å². The maximum absolute atomic E-state index is 12.7. The summed E-state index contributed by atoms with van der Waals surface area (Å²) >= 11 is 0. The number of amides is 2. The highest BCUT2D eigenvalue weighted by Gasteiger charge is 2.25. The minimum absolute atomic E-state index is 0.214. The SMILES string of the molecule is COc1ccc(-c2nc3c(c(=O)[nH]2)CN(C(=O)Nc2cccc(C)c2)CC3)cc1. The first kappa shape index (κ1) is 18.7. The molecule has 1 aliphatic heterocycles. The van der Waals surface area contributed by atoms with Crippen molar-refractivity contribution in [3.05, 3.63) is 75.7 Å². The number of fused-ring (bicyclic) bond motifs is 1. The lowest BCUT2D eigenvalue weighted by Crippen LogP contribution is -2.41. The number of benzene rings is 2. The predicted molar refractivity (Wildman–Crippen MR) is 111 cm³/mol. The van der Waals surface area contributed by atoms with E-state index in [1.807, 2.05) is 55.5 Å². The van der Waals surface area contributed by atoms with Crippen LogP contribution in [0.25, 0.3) is 11.4 Å². The topological polar surface area (TPSA) is 87.3 Å². The minimum Gasteiger partial charge on any atom is -0.497 e. The average Bonchev–Trinajstić information content (AvgIpc) is 2.73. The molecule has 0 saturated carbocycles. The van der Waals surface area contributed by atoms with Gasteiger partial charge in [0.25, 0.3) is 5.56 Å². The molecule has 7 heteroatoms. The molecule has 148 valence electrons. The quantitative estimate of drug-likeness (QED) is 0.718. The highest BCUT2D eigenvalue weighted by molar-refractivity contribution is 5.89. The van der Waals surface area contributed by atoms with Gasteiger partial charge in [-0.1, -0.05) is 12.1 Å². The number of rotatable bonds is 3. The van der Waals surface area contributed by atoms with Crippen molar-refractivity contribution in [3.8, 4) is 17.1 Å². The first-order valence-electron chi connectivity index (χ1n) is 9.42. The van der Waals surface area contributed by atoms with Gasteiger partial charge in [-0.3, -0.25) is 4.79 Å². The van der Waals surface area contributed by atoms with Crippen LogP contribution in [0, 0.1) is 6.92 Å². The molecule has 1 aliphatic rings. The number of aromatic nitrogens is 2. The largest absolute Gasteiger partial charge is 0.497 e. The molecule has 0 spiro atoms. The van der Waals surface area contributed by atoms with Crippen molar-refractivity contribution in [3.63, 3.8) is 0 Å². The molecule has 0 aliphatic carbocycles. The van der Waals surface area contributed by atoms with Crippen molar-refractivity contribution >= 4 is 11.7 Å². The van der Waals surface area contributed by atoms with Gasteiger partial charge in [0, 0.05) is 24.2 Å². The maximum atomic E-state index is 12.7. The molecule has 1 aromatic heterocycles. The van der Waals surface area contributed by atoms with Crippen molar-refractivity contribution < 1.29 is 9.53 Å². The van der Waals surface area contributed by atoms with Crippen LogP contribution in [0.5, 0.6) is 5.75 Å². The maximum Gasteiger partial charge on any atom is 0.322 e. The third kappa shape index (κ3) is 3.99. The van der Waals surface area contributed by atoms with Crippen molar-refractivity contribution in [2.24, 2.45) is 0 Å². The van der Waals surface area contributed by atoms with Crippen LogP contribution in [0.1, 0.15) is 16.8 Å². The second-order valence-electron chi connectivity index (χ2n) is 7.04. The first-order valence-corrected chi connectivity index (χ1v) is 9.42. The molecule has 7 nitrogen and oxygen atoms in total. The average molecular weight is 390 g/mol. The predicted octanol–water partition coefficient (Wildman–Crippen LogP) is 3.34. The van der Waals surface area contributed by atoms with Crippen LogP contribution in [0.2, 0.25) is 0 Å². The number of nitrogens with zero attached hydrogens (tertiary/aromatic N) is 2. The van der Waals surface area contributed by atoms with E-state index in [0.717, 1.165) is 28.3 Å². The van der Waals surface area contributed by atoms with Crippen molar-refractivity contribution in [1.82, 2.24) is 14.9 Å². The van der Waals surface area contributed by atoms with Gasteiger partial charge in [0.05, 0.1) is 24.9 Å². The van der Waals surface area contributed by atoms with E-state index in [1.165, 1.54) is 0 Å². The third-order valence-electron chi connectivity index (χ3n) is 4.99. The zero-order valence-corrected chi connectivity index (χ0v) is 16.4. The molecule has 2 N–H and O–H groups in total. The number of hydrogen-bond donors (Lipinski definition) is 2. The van der Waals surface area contributed by atoms with Crippen LogP contribution in [0.15, 0.2) is 53.3 Å². The van der Waals surface area contributed by atoms with Crippen molar-refractivity contribution in [1.29, 1.82) is 0 Å². The van der Waals surface area contributed by atoms with E-state index in [-0.39, 0.29) is 18.1 Å². The molecule has 3 aromatic rings. The van der Waals surface area contributed by atoms with E-state index in [0.29, 0.717) is 24.4 Å². The minimum atomic E-state index is -0.222. The van der Waals surface area contributed by atoms with Gasteiger partial charge in [-0.25, -0.2) is 9.78 Å². The molecule has 4 rings (SSSR count). The van der Waals surface area contributed by atoms with Crippen molar-refractivity contribution in [2.45, 2.75) is 19.9 Å². The number of hydrogen-bond acceptors (Lipinski definition) is 4. The third-order valence-corrected chi connectivity index (χ3v) is 4.99. The van der Waals surface area contributed by atoms with Gasteiger partial charge in [-0.2, -0.15) is 0 Å². The van der Waals surface area contributed by atoms with E-state index in [9.17, 15) is 9.59 Å². The van der Waals surface area contributed by atoms with Gasteiger partial charge in [0.1, 0.15) is 11.6 Å². The van der Waals surface area contributed by atoms with Gasteiger partial charge in [-0.05, 0) is 48.9 Å². The van der Waals surface area contributed by atoms with Crippen LogP contribution in [-0.4, -0.2) is 34.6 Å². The van der Waals surface area contributed by atoms with Crippen molar-refractivity contribution in [2.75, 3.05) is 19.0 Å². The highest BCUT2D eigenvalue weighted by atomic mass is 16.5. The highest BCUT2D eigenvalue weighted by Crippen LogP contribution is 2.21. The monoisotopic (exact) mass is 390 g/mol. The Morgan fingerprint density at radius 3 is 2.72 bits per heavy atom. The lowest BCUT2D eigenvalue weighted by molar-refractivity contribution is 0.205. The van der Waals surface area contributed by atoms with E-state index in [4.69, 9.17) is 4.74 Å². The standard InChI is InChI=1S/C22H22N4O3/c1-14-4-3-5-16(12-14)23-22(28)26-11-10-19-18(13-26)21(27)25-20(24-19)15-6-8-17(29-2)9-7-15/h3-9,12H,10-11,13H2,1-2H3,(H,23,28)(H,24,25,27). The van der Waals surface area contributed by atoms with E-state index < -0.39 is 0 Å². The van der Waals surface area contributed by atoms with Crippen LogP contribution in [0.3, 0.4) is 0 Å². The Balaban J connectivity index is 1.53. The number of carbonyl (C=O) groups excluding carboxylic acids is 1. The number of ether oxygens (including phenoxy) is 1. The summed E-state index contributed by atoms with van der Waals surface area (Å²) in [5.41, 5.74) is 3.67. The number of anilines is 1. The van der Waals surface area contributed by atoms with Gasteiger partial charge in [0.2, 0.25) is 0 Å². The van der Waals surface area contributed by atoms with E-state index >= 15 is 0 Å². The molecular weight excluding hydrogens is 368 g/mol. The Labute approximate surface area is 168 Å². The fraction of sp³-hybridized carbons (Fsp3) is 0.227. The van der Waals surface area contributed by atoms with Gasteiger partial charge in [-0.15, -0.1) is 0 Å². The number of urea groups is 1. The smallest absolute Gasteiger partial charge is 0.322 e. The fourth-order valence-electron chi connectivity index (χ4n) is 3.41. The Hall–Kier alpha value is -3.61. The zero-order chi connectivity index (χ0) is 20.4. The molecule has 29 heavy (non-hydrogen) atoms. The van der Waals surface area contributed by atoms with Gasteiger partial charge < -0.3 is 19.9 Å². The molecule has 2 amide bonds. The second kappa shape index (κ2) is 7.79. The molecule has 0 unspecified atom stereocenters. The number of aromatic amines is 1. The summed E-state index contributed by atoms with van der Waals surface area (Å²) in [5, 5.41) is 2.89. The van der Waals surface area contributed by atoms with Gasteiger partial charge in [0.15, 0.2) is 0 Å². The van der Waals surface area contributed by atoms with Crippen LogP contribution in [-0.2, 0) is 13.0 Å². The lowest BCUT2D eigenvalue weighted by atomic mass is 10.1. The van der Waals surface area contributed by atoms with Crippen LogP contribution in [0.4, 0.5) is 10.5 Å². The zero-order valence-electron chi connectivity index (χ0n) is 16.4. The van der Waals surface area contributed by atoms with Crippen LogP contribution >= 0.6 is 0 Å². The molecule has 2 heterocycles. The lowest BCUT2D eigenvalue weighted by Gasteiger charge is -2.28. The summed E-state index contributed by atoms with van der Waals surface area (Å²) in [7, 11) is 1.61. The molecular formula is C22H22N4O3.